The van der Waals surface area contributed by atoms with Gasteiger partial charge in [0, 0.05) is 6.07 Å². The highest BCUT2D eigenvalue weighted by atomic mass is 16.6. The third kappa shape index (κ3) is 3.17. The molecule has 1 aromatic rings. The third-order valence-corrected chi connectivity index (χ3v) is 2.06. The Morgan fingerprint density at radius 1 is 1.57 bits per heavy atom. The van der Waals surface area contributed by atoms with Crippen LogP contribution in [0.2, 0.25) is 0 Å². The van der Waals surface area contributed by atoms with Crippen LogP contribution < -0.4 is 0 Å². The summed E-state index contributed by atoms with van der Waals surface area (Å²) >= 11 is 0. The topological polar surface area (TPSA) is 43.1 Å². The Bertz CT molecular complexity index is 321. The second-order valence-electron chi connectivity index (χ2n) is 3.77. The molecular formula is C11H14NO2. The van der Waals surface area contributed by atoms with Gasteiger partial charge in [-0.15, -0.1) is 0 Å². The number of non-ortho nitro benzene ring substituents is 1. The van der Waals surface area contributed by atoms with Gasteiger partial charge >= 0.3 is 0 Å². The van der Waals surface area contributed by atoms with Gasteiger partial charge in [-0.3, -0.25) is 10.1 Å². The SMILES string of the molecule is CC(C)CCc1cc[c]c([N+](=O)[O-])c1. The molecule has 0 aliphatic carbocycles. The summed E-state index contributed by atoms with van der Waals surface area (Å²) in [7, 11) is 0. The quantitative estimate of drug-likeness (QED) is 0.543. The first-order chi connectivity index (χ1) is 6.59. The molecule has 0 bridgehead atoms. The Kier molecular flexibility index (Phi) is 3.63. The van der Waals surface area contributed by atoms with Crippen molar-refractivity contribution in [2.75, 3.05) is 0 Å². The fraction of sp³-hybridized carbons (Fsp3) is 0.455. The number of hydrogen-bond acceptors (Lipinski definition) is 2. The van der Waals surface area contributed by atoms with Gasteiger partial charge in [0.1, 0.15) is 0 Å². The predicted molar refractivity (Wildman–Crippen MR) is 55.1 cm³/mol. The number of aryl methyl sites for hydroxylation is 1. The van der Waals surface area contributed by atoms with E-state index in [-0.39, 0.29) is 5.69 Å². The molecule has 1 radical (unpaired) electrons. The average Bonchev–Trinajstić information content (AvgIpc) is 2.15. The van der Waals surface area contributed by atoms with Crippen LogP contribution in [-0.4, -0.2) is 4.92 Å². The number of benzene rings is 1. The van der Waals surface area contributed by atoms with Crippen molar-refractivity contribution in [3.8, 4) is 0 Å². The van der Waals surface area contributed by atoms with E-state index >= 15 is 0 Å². The second-order valence-corrected chi connectivity index (χ2v) is 3.77. The zero-order valence-electron chi connectivity index (χ0n) is 8.49. The molecule has 0 atom stereocenters. The number of rotatable bonds is 4. The van der Waals surface area contributed by atoms with E-state index in [1.807, 2.05) is 6.07 Å². The van der Waals surface area contributed by atoms with Crippen LogP contribution in [0, 0.1) is 22.1 Å². The summed E-state index contributed by atoms with van der Waals surface area (Å²) in [5.41, 5.74) is 1.08. The van der Waals surface area contributed by atoms with Gasteiger partial charge in [0.2, 0.25) is 0 Å². The molecule has 0 N–H and O–H groups in total. The summed E-state index contributed by atoms with van der Waals surface area (Å²) in [6, 6.07) is 7.70. The van der Waals surface area contributed by atoms with E-state index in [2.05, 4.69) is 19.9 Å². The molecule has 0 aromatic heterocycles. The molecule has 0 fully saturated rings. The van der Waals surface area contributed by atoms with Crippen LogP contribution in [0.3, 0.4) is 0 Å². The minimum Gasteiger partial charge on any atom is -0.258 e. The van der Waals surface area contributed by atoms with E-state index in [1.54, 1.807) is 12.1 Å². The molecule has 0 heterocycles. The van der Waals surface area contributed by atoms with Crippen molar-refractivity contribution in [3.63, 3.8) is 0 Å². The standard InChI is InChI=1S/C11H14NO2/c1-9(2)6-7-10-4-3-5-11(8-10)12(13)14/h3-4,8-9H,6-7H2,1-2H3. The summed E-state index contributed by atoms with van der Waals surface area (Å²) in [4.78, 5) is 10.1. The van der Waals surface area contributed by atoms with Crippen LogP contribution >= 0.6 is 0 Å². The van der Waals surface area contributed by atoms with Crippen molar-refractivity contribution >= 4 is 5.69 Å². The largest absolute Gasteiger partial charge is 0.277 e. The van der Waals surface area contributed by atoms with Crippen LogP contribution in [0.25, 0.3) is 0 Å². The highest BCUT2D eigenvalue weighted by molar-refractivity contribution is 5.32. The molecular weight excluding hydrogens is 178 g/mol. The molecule has 0 saturated carbocycles. The maximum atomic E-state index is 10.5. The minimum atomic E-state index is -0.404. The number of nitrogens with zero attached hydrogens (tertiary/aromatic N) is 1. The molecule has 75 valence electrons. The van der Waals surface area contributed by atoms with E-state index in [9.17, 15) is 10.1 Å². The van der Waals surface area contributed by atoms with Gasteiger partial charge in [-0.2, -0.15) is 0 Å². The zero-order valence-corrected chi connectivity index (χ0v) is 8.49. The maximum absolute atomic E-state index is 10.5. The fourth-order valence-electron chi connectivity index (χ4n) is 1.22. The van der Waals surface area contributed by atoms with Crippen molar-refractivity contribution < 1.29 is 4.92 Å². The summed E-state index contributed by atoms with van der Waals surface area (Å²) in [6.07, 6.45) is 1.95. The van der Waals surface area contributed by atoms with Gasteiger partial charge in [-0.1, -0.05) is 19.9 Å². The first kappa shape index (κ1) is 10.7. The van der Waals surface area contributed by atoms with E-state index in [4.69, 9.17) is 0 Å². The van der Waals surface area contributed by atoms with E-state index in [1.165, 1.54) is 0 Å². The van der Waals surface area contributed by atoms with Crippen molar-refractivity contribution in [1.29, 1.82) is 0 Å². The monoisotopic (exact) mass is 192 g/mol. The number of hydrogen-bond donors (Lipinski definition) is 0. The van der Waals surface area contributed by atoms with Crippen molar-refractivity contribution in [3.05, 3.63) is 39.9 Å². The number of nitro benzene ring substituents is 1. The Balaban J connectivity index is 2.69. The lowest BCUT2D eigenvalue weighted by Gasteiger charge is -2.03. The Morgan fingerprint density at radius 2 is 2.29 bits per heavy atom. The Hall–Kier alpha value is -1.38. The lowest BCUT2D eigenvalue weighted by atomic mass is 10.0. The van der Waals surface area contributed by atoms with Crippen LogP contribution in [0.5, 0.6) is 0 Å². The maximum Gasteiger partial charge on any atom is 0.277 e. The minimum absolute atomic E-state index is 0.0613. The van der Waals surface area contributed by atoms with E-state index < -0.39 is 4.92 Å². The zero-order chi connectivity index (χ0) is 10.6. The highest BCUT2D eigenvalue weighted by Crippen LogP contribution is 2.15. The molecule has 0 aliphatic rings. The smallest absolute Gasteiger partial charge is 0.258 e. The normalized spacial score (nSPS) is 10.5. The average molecular weight is 192 g/mol. The molecule has 0 saturated heterocycles. The highest BCUT2D eigenvalue weighted by Gasteiger charge is 2.06. The van der Waals surface area contributed by atoms with Gasteiger partial charge in [-0.25, -0.2) is 0 Å². The Labute approximate surface area is 83.9 Å². The molecule has 1 rings (SSSR count). The molecule has 0 amide bonds. The predicted octanol–water partition coefficient (Wildman–Crippen LogP) is 2.98. The van der Waals surface area contributed by atoms with Gasteiger partial charge in [0.15, 0.2) is 0 Å². The lowest BCUT2D eigenvalue weighted by molar-refractivity contribution is -0.385. The van der Waals surface area contributed by atoms with E-state index in [0.717, 1.165) is 18.4 Å². The Morgan fingerprint density at radius 3 is 2.86 bits per heavy atom. The van der Waals surface area contributed by atoms with Gasteiger partial charge < -0.3 is 0 Å². The summed E-state index contributed by atoms with van der Waals surface area (Å²) in [5, 5.41) is 10.5. The first-order valence-electron chi connectivity index (χ1n) is 4.74. The lowest BCUT2D eigenvalue weighted by Crippen LogP contribution is -1.94. The van der Waals surface area contributed by atoms with Crippen LogP contribution in [0.15, 0.2) is 18.2 Å². The van der Waals surface area contributed by atoms with Crippen LogP contribution in [0.4, 0.5) is 5.69 Å². The van der Waals surface area contributed by atoms with Crippen LogP contribution in [0.1, 0.15) is 25.8 Å². The van der Waals surface area contributed by atoms with Crippen molar-refractivity contribution in [1.82, 2.24) is 0 Å². The van der Waals surface area contributed by atoms with Gasteiger partial charge in [-0.05, 0) is 30.4 Å². The van der Waals surface area contributed by atoms with Gasteiger partial charge in [0.25, 0.3) is 5.69 Å². The molecule has 3 heteroatoms. The summed E-state index contributed by atoms with van der Waals surface area (Å²) in [5.74, 6) is 0.623. The molecule has 14 heavy (non-hydrogen) atoms. The molecule has 0 spiro atoms. The summed E-state index contributed by atoms with van der Waals surface area (Å²) in [6.45, 7) is 4.28. The van der Waals surface area contributed by atoms with Crippen molar-refractivity contribution in [2.45, 2.75) is 26.7 Å². The molecule has 1 aromatic carbocycles. The van der Waals surface area contributed by atoms with Crippen molar-refractivity contribution in [2.24, 2.45) is 5.92 Å². The molecule has 0 unspecified atom stereocenters. The van der Waals surface area contributed by atoms with E-state index in [0.29, 0.717) is 5.92 Å². The first-order valence-corrected chi connectivity index (χ1v) is 4.74. The molecule has 3 nitrogen and oxygen atoms in total. The third-order valence-electron chi connectivity index (χ3n) is 2.06. The van der Waals surface area contributed by atoms with Crippen LogP contribution in [-0.2, 0) is 6.42 Å². The second kappa shape index (κ2) is 4.74. The van der Waals surface area contributed by atoms with Gasteiger partial charge in [0.05, 0.1) is 11.0 Å². The summed E-state index contributed by atoms with van der Waals surface area (Å²) < 4.78 is 0. The fourth-order valence-corrected chi connectivity index (χ4v) is 1.22. The number of nitro groups is 1. The molecule has 0 aliphatic heterocycles.